The molecule has 3 rings (SSSR count). The molecule has 3 aromatic carbocycles. The summed E-state index contributed by atoms with van der Waals surface area (Å²) in [6.07, 6.45) is -1.03. The monoisotopic (exact) mass is 401 g/mol. The van der Waals surface area contributed by atoms with Crippen molar-refractivity contribution in [2.24, 2.45) is 0 Å². The maximum absolute atomic E-state index is 12.8. The van der Waals surface area contributed by atoms with Crippen molar-refractivity contribution >= 4 is 23.3 Å². The number of hydrogen-bond donors (Lipinski definition) is 1. The number of aryl methyl sites for hydroxylation is 2. The van der Waals surface area contributed by atoms with Gasteiger partial charge in [-0.15, -0.1) is 0 Å². The Balaban J connectivity index is 1.75. The average Bonchev–Trinajstić information content (AvgIpc) is 2.76. The molecule has 1 atom stereocenters. The smallest absolute Gasteiger partial charge is 0.339 e. The first-order chi connectivity index (χ1) is 14.4. The van der Waals surface area contributed by atoms with Gasteiger partial charge in [0.1, 0.15) is 0 Å². The van der Waals surface area contributed by atoms with E-state index in [4.69, 9.17) is 4.74 Å². The van der Waals surface area contributed by atoms with Gasteiger partial charge in [-0.05, 0) is 44.0 Å². The van der Waals surface area contributed by atoms with Crippen LogP contribution in [0, 0.1) is 13.8 Å². The first-order valence-corrected chi connectivity index (χ1v) is 9.64. The van der Waals surface area contributed by atoms with Crippen LogP contribution in [0.3, 0.4) is 0 Å². The van der Waals surface area contributed by atoms with E-state index in [1.807, 2.05) is 38.1 Å². The molecule has 0 unspecified atom stereocenters. The molecule has 0 heterocycles. The molecule has 0 fully saturated rings. The van der Waals surface area contributed by atoms with Gasteiger partial charge in [0.15, 0.2) is 11.9 Å². The highest BCUT2D eigenvalue weighted by Crippen LogP contribution is 2.19. The molecule has 5 nitrogen and oxygen atoms in total. The fourth-order valence-corrected chi connectivity index (χ4v) is 2.99. The Hall–Kier alpha value is -3.73. The summed E-state index contributed by atoms with van der Waals surface area (Å²) >= 11 is 0. The molecule has 1 amide bonds. The van der Waals surface area contributed by atoms with E-state index in [-0.39, 0.29) is 16.9 Å². The number of anilines is 1. The second kappa shape index (κ2) is 9.18. The summed E-state index contributed by atoms with van der Waals surface area (Å²) in [5, 5.41) is 2.79. The van der Waals surface area contributed by atoms with E-state index in [1.165, 1.54) is 13.0 Å². The maximum Gasteiger partial charge on any atom is 0.339 e. The van der Waals surface area contributed by atoms with Gasteiger partial charge >= 0.3 is 5.97 Å². The Kier molecular flexibility index (Phi) is 6.42. The molecule has 0 saturated carbocycles. The minimum Gasteiger partial charge on any atom is -0.449 e. The van der Waals surface area contributed by atoms with Gasteiger partial charge in [-0.3, -0.25) is 9.59 Å². The van der Waals surface area contributed by atoms with Crippen molar-refractivity contribution < 1.29 is 19.1 Å². The van der Waals surface area contributed by atoms with Gasteiger partial charge in [-0.1, -0.05) is 60.7 Å². The van der Waals surface area contributed by atoms with Crippen molar-refractivity contribution in [2.75, 3.05) is 5.32 Å². The molecular weight excluding hydrogens is 378 g/mol. The van der Waals surface area contributed by atoms with E-state index in [9.17, 15) is 14.4 Å². The third-order valence-corrected chi connectivity index (χ3v) is 4.73. The Morgan fingerprint density at radius 3 is 2.17 bits per heavy atom. The van der Waals surface area contributed by atoms with Gasteiger partial charge in [-0.25, -0.2) is 4.79 Å². The fraction of sp³-hybridized carbons (Fsp3) is 0.160. The Morgan fingerprint density at radius 2 is 1.47 bits per heavy atom. The van der Waals surface area contributed by atoms with Crippen molar-refractivity contribution in [3.05, 3.63) is 101 Å². The van der Waals surface area contributed by atoms with E-state index in [2.05, 4.69) is 5.32 Å². The van der Waals surface area contributed by atoms with Crippen LogP contribution in [-0.4, -0.2) is 23.8 Å². The second-order valence-corrected chi connectivity index (χ2v) is 7.10. The number of hydrogen-bond acceptors (Lipinski definition) is 4. The molecule has 0 spiro atoms. The number of rotatable bonds is 6. The van der Waals surface area contributed by atoms with Crippen LogP contribution in [0.1, 0.15) is 44.3 Å². The molecule has 0 aromatic heterocycles. The molecule has 0 saturated heterocycles. The summed E-state index contributed by atoms with van der Waals surface area (Å²) in [5.41, 5.74) is 3.41. The van der Waals surface area contributed by atoms with Gasteiger partial charge in [0.25, 0.3) is 5.91 Å². The van der Waals surface area contributed by atoms with Crippen LogP contribution in [0.4, 0.5) is 5.69 Å². The SMILES string of the molecule is Cc1ccc(C)c(NC(=O)[C@H](C)OC(=O)c2ccccc2C(=O)c2ccccc2)c1. The van der Waals surface area contributed by atoms with E-state index in [1.54, 1.807) is 42.5 Å². The average molecular weight is 401 g/mol. The molecule has 0 bridgehead atoms. The van der Waals surface area contributed by atoms with Gasteiger partial charge < -0.3 is 10.1 Å². The zero-order chi connectivity index (χ0) is 21.7. The molecule has 0 aliphatic carbocycles. The molecule has 0 radical (unpaired) electrons. The summed E-state index contributed by atoms with van der Waals surface area (Å²) in [7, 11) is 0. The van der Waals surface area contributed by atoms with Crippen molar-refractivity contribution in [3.8, 4) is 0 Å². The van der Waals surface area contributed by atoms with Crippen molar-refractivity contribution in [1.82, 2.24) is 0 Å². The summed E-state index contributed by atoms with van der Waals surface area (Å²) in [6, 6.07) is 20.9. The van der Waals surface area contributed by atoms with Crippen LogP contribution in [0.25, 0.3) is 0 Å². The highest BCUT2D eigenvalue weighted by atomic mass is 16.5. The topological polar surface area (TPSA) is 72.5 Å². The second-order valence-electron chi connectivity index (χ2n) is 7.10. The number of ether oxygens (including phenoxy) is 1. The Labute approximate surface area is 175 Å². The number of amides is 1. The number of esters is 1. The molecule has 0 aliphatic heterocycles. The van der Waals surface area contributed by atoms with Gasteiger partial charge in [0, 0.05) is 16.8 Å². The zero-order valence-corrected chi connectivity index (χ0v) is 17.1. The van der Waals surface area contributed by atoms with E-state index in [0.717, 1.165) is 11.1 Å². The molecular formula is C25H23NO4. The minimum absolute atomic E-state index is 0.123. The number of carbonyl (C=O) groups is 3. The highest BCUT2D eigenvalue weighted by molar-refractivity contribution is 6.14. The van der Waals surface area contributed by atoms with Crippen molar-refractivity contribution in [3.63, 3.8) is 0 Å². The van der Waals surface area contributed by atoms with Gasteiger partial charge in [0.05, 0.1) is 5.56 Å². The number of nitrogens with one attached hydrogen (secondary N) is 1. The molecule has 0 aliphatic rings. The highest BCUT2D eigenvalue weighted by Gasteiger charge is 2.23. The van der Waals surface area contributed by atoms with Gasteiger partial charge in [0.2, 0.25) is 0 Å². The first kappa shape index (κ1) is 21.0. The fourth-order valence-electron chi connectivity index (χ4n) is 2.99. The van der Waals surface area contributed by atoms with Crippen LogP contribution in [-0.2, 0) is 9.53 Å². The lowest BCUT2D eigenvalue weighted by Crippen LogP contribution is -2.30. The van der Waals surface area contributed by atoms with Crippen LogP contribution in [0.2, 0.25) is 0 Å². The summed E-state index contributed by atoms with van der Waals surface area (Å²) in [4.78, 5) is 38.1. The van der Waals surface area contributed by atoms with Crippen LogP contribution in [0.5, 0.6) is 0 Å². The third kappa shape index (κ3) is 4.81. The van der Waals surface area contributed by atoms with Crippen LogP contribution >= 0.6 is 0 Å². The quantitative estimate of drug-likeness (QED) is 0.479. The zero-order valence-electron chi connectivity index (χ0n) is 17.1. The summed E-state index contributed by atoms with van der Waals surface area (Å²) in [6.45, 7) is 5.32. The van der Waals surface area contributed by atoms with E-state index < -0.39 is 18.0 Å². The Morgan fingerprint density at radius 1 is 0.833 bits per heavy atom. The largest absolute Gasteiger partial charge is 0.449 e. The standard InChI is InChI=1S/C25H23NO4/c1-16-13-14-17(2)22(15-16)26-24(28)18(3)30-25(29)21-12-8-7-11-20(21)23(27)19-9-5-4-6-10-19/h4-15,18H,1-3H3,(H,26,28)/t18-/m0/s1. The molecule has 152 valence electrons. The van der Waals surface area contributed by atoms with E-state index >= 15 is 0 Å². The van der Waals surface area contributed by atoms with Crippen molar-refractivity contribution in [1.29, 1.82) is 0 Å². The lowest BCUT2D eigenvalue weighted by atomic mass is 9.98. The Bertz CT molecular complexity index is 1090. The van der Waals surface area contributed by atoms with Crippen LogP contribution in [0.15, 0.2) is 72.8 Å². The van der Waals surface area contributed by atoms with Crippen LogP contribution < -0.4 is 5.32 Å². The molecule has 30 heavy (non-hydrogen) atoms. The minimum atomic E-state index is -1.03. The first-order valence-electron chi connectivity index (χ1n) is 9.64. The van der Waals surface area contributed by atoms with E-state index in [0.29, 0.717) is 11.3 Å². The molecule has 5 heteroatoms. The summed E-state index contributed by atoms with van der Waals surface area (Å²) in [5.74, 6) is -1.45. The third-order valence-electron chi connectivity index (χ3n) is 4.73. The predicted octanol–water partition coefficient (Wildman–Crippen LogP) is 4.72. The van der Waals surface area contributed by atoms with Gasteiger partial charge in [-0.2, -0.15) is 0 Å². The normalized spacial score (nSPS) is 11.4. The number of carbonyl (C=O) groups excluding carboxylic acids is 3. The lowest BCUT2D eigenvalue weighted by molar-refractivity contribution is -0.123. The number of ketones is 1. The number of benzene rings is 3. The lowest BCUT2D eigenvalue weighted by Gasteiger charge is -2.16. The summed E-state index contributed by atoms with van der Waals surface area (Å²) < 4.78 is 5.36. The van der Waals surface area contributed by atoms with Crippen molar-refractivity contribution in [2.45, 2.75) is 26.9 Å². The maximum atomic E-state index is 12.8. The molecule has 3 aromatic rings. The predicted molar refractivity (Wildman–Crippen MR) is 116 cm³/mol. The molecule has 1 N–H and O–H groups in total.